The van der Waals surface area contributed by atoms with Gasteiger partial charge < -0.3 is 20.6 Å². The monoisotopic (exact) mass is 271 g/mol. The number of aliphatic carboxylic acids is 1. The highest BCUT2D eigenvalue weighted by Gasteiger charge is 2.23. The van der Waals surface area contributed by atoms with E-state index in [-0.39, 0.29) is 5.92 Å². The zero-order valence-corrected chi connectivity index (χ0v) is 11.8. The van der Waals surface area contributed by atoms with Crippen molar-refractivity contribution in [3.8, 4) is 0 Å². The van der Waals surface area contributed by atoms with Gasteiger partial charge in [-0.3, -0.25) is 0 Å². The zero-order valence-electron chi connectivity index (χ0n) is 11.8. The van der Waals surface area contributed by atoms with E-state index in [2.05, 4.69) is 15.5 Å². The van der Waals surface area contributed by atoms with Gasteiger partial charge in [0.15, 0.2) is 0 Å². The molecule has 1 saturated heterocycles. The molecule has 3 N–H and O–H groups in total. The number of carbonyl (C=O) groups excluding carboxylic acids is 1. The maximum absolute atomic E-state index is 11.6. The van der Waals surface area contributed by atoms with Gasteiger partial charge in [0.25, 0.3) is 0 Å². The topological polar surface area (TPSA) is 81.7 Å². The summed E-state index contributed by atoms with van der Waals surface area (Å²) in [5.41, 5.74) is 0. The highest BCUT2D eigenvalue weighted by atomic mass is 16.4. The molecule has 6 nitrogen and oxygen atoms in total. The third-order valence-corrected chi connectivity index (χ3v) is 3.35. The predicted octanol–water partition coefficient (Wildman–Crippen LogP) is 0.881. The van der Waals surface area contributed by atoms with E-state index < -0.39 is 18.0 Å². The van der Waals surface area contributed by atoms with Gasteiger partial charge in [0, 0.05) is 6.54 Å². The second-order valence-electron chi connectivity index (χ2n) is 5.36. The first-order chi connectivity index (χ1) is 9.00. The molecule has 0 aromatic carbocycles. The fraction of sp³-hybridized carbons (Fsp3) is 0.846. The van der Waals surface area contributed by atoms with Crippen molar-refractivity contribution < 1.29 is 14.7 Å². The Bertz CT molecular complexity index is 302. The van der Waals surface area contributed by atoms with Crippen LogP contribution >= 0.6 is 0 Å². The van der Waals surface area contributed by atoms with Gasteiger partial charge >= 0.3 is 12.0 Å². The summed E-state index contributed by atoms with van der Waals surface area (Å²) < 4.78 is 0. The maximum Gasteiger partial charge on any atom is 0.326 e. The van der Waals surface area contributed by atoms with Crippen molar-refractivity contribution in [1.29, 1.82) is 0 Å². The first kappa shape index (κ1) is 15.8. The summed E-state index contributed by atoms with van der Waals surface area (Å²) in [6.07, 6.45) is 3.43. The molecule has 0 aromatic heterocycles. The molecule has 0 unspecified atom stereocenters. The van der Waals surface area contributed by atoms with Crippen molar-refractivity contribution in [3.05, 3.63) is 0 Å². The Morgan fingerprint density at radius 1 is 1.26 bits per heavy atom. The van der Waals surface area contributed by atoms with Gasteiger partial charge in [-0.05, 0) is 44.8 Å². The lowest BCUT2D eigenvalue weighted by atomic mass is 10.1. The van der Waals surface area contributed by atoms with E-state index in [1.807, 2.05) is 0 Å². The lowest BCUT2D eigenvalue weighted by Crippen LogP contribution is -2.48. The average Bonchev–Trinajstić information content (AvgIpc) is 2.84. The van der Waals surface area contributed by atoms with Gasteiger partial charge in [0.05, 0.1) is 0 Å². The van der Waals surface area contributed by atoms with Crippen molar-refractivity contribution in [2.45, 2.75) is 39.2 Å². The number of hydrogen-bond donors (Lipinski definition) is 3. The van der Waals surface area contributed by atoms with E-state index in [1.54, 1.807) is 13.8 Å². The largest absolute Gasteiger partial charge is 0.480 e. The number of nitrogens with zero attached hydrogens (tertiary/aromatic N) is 1. The molecule has 6 heteroatoms. The molecule has 0 bridgehead atoms. The van der Waals surface area contributed by atoms with Crippen molar-refractivity contribution in [2.75, 3.05) is 26.2 Å². The molecule has 1 atom stereocenters. The van der Waals surface area contributed by atoms with Crippen LogP contribution in [0.4, 0.5) is 4.79 Å². The van der Waals surface area contributed by atoms with E-state index in [0.29, 0.717) is 6.54 Å². The second kappa shape index (κ2) is 7.99. The van der Waals surface area contributed by atoms with Gasteiger partial charge in [-0.25, -0.2) is 9.59 Å². The number of carboxylic acids is 1. The van der Waals surface area contributed by atoms with Crippen LogP contribution in [0.2, 0.25) is 0 Å². The molecule has 1 rings (SSSR count). The van der Waals surface area contributed by atoms with Gasteiger partial charge in [-0.2, -0.15) is 0 Å². The molecule has 19 heavy (non-hydrogen) atoms. The summed E-state index contributed by atoms with van der Waals surface area (Å²) >= 11 is 0. The Morgan fingerprint density at radius 2 is 1.89 bits per heavy atom. The van der Waals surface area contributed by atoms with E-state index in [4.69, 9.17) is 5.11 Å². The molecule has 1 fully saturated rings. The van der Waals surface area contributed by atoms with Crippen LogP contribution in [0.3, 0.4) is 0 Å². The molecule has 1 heterocycles. The minimum atomic E-state index is -0.998. The minimum Gasteiger partial charge on any atom is -0.480 e. The number of amides is 2. The Labute approximate surface area is 114 Å². The average molecular weight is 271 g/mol. The first-order valence-electron chi connectivity index (χ1n) is 7.00. The molecule has 1 aliphatic rings. The van der Waals surface area contributed by atoms with E-state index >= 15 is 0 Å². The number of rotatable bonds is 7. The standard InChI is InChI=1S/C13H25N3O3/c1-10(2)11(12(17)18)15-13(19)14-6-5-9-16-7-3-4-8-16/h10-11H,3-9H2,1-2H3,(H,17,18)(H2,14,15,19)/t11-/m0/s1. The van der Waals surface area contributed by atoms with Crippen LogP contribution in [-0.2, 0) is 4.79 Å². The zero-order chi connectivity index (χ0) is 14.3. The lowest BCUT2D eigenvalue weighted by molar-refractivity contribution is -0.140. The molecule has 0 aromatic rings. The molecular formula is C13H25N3O3. The van der Waals surface area contributed by atoms with Gasteiger partial charge in [-0.1, -0.05) is 13.8 Å². The highest BCUT2D eigenvalue weighted by Crippen LogP contribution is 2.06. The van der Waals surface area contributed by atoms with E-state index in [9.17, 15) is 9.59 Å². The predicted molar refractivity (Wildman–Crippen MR) is 73.1 cm³/mol. The summed E-state index contributed by atoms with van der Waals surface area (Å²) in [6, 6.07) is -1.24. The molecule has 2 amide bonds. The van der Waals surface area contributed by atoms with Gasteiger partial charge in [-0.15, -0.1) is 0 Å². The molecule has 0 aliphatic carbocycles. The van der Waals surface area contributed by atoms with Crippen LogP contribution in [0.1, 0.15) is 33.1 Å². The Kier molecular flexibility index (Phi) is 6.62. The van der Waals surface area contributed by atoms with E-state index in [1.165, 1.54) is 12.8 Å². The van der Waals surface area contributed by atoms with Gasteiger partial charge in [0.2, 0.25) is 0 Å². The summed E-state index contributed by atoms with van der Waals surface area (Å²) in [4.78, 5) is 24.9. The van der Waals surface area contributed by atoms with Crippen molar-refractivity contribution >= 4 is 12.0 Å². The molecule has 0 saturated carbocycles. The van der Waals surface area contributed by atoms with Gasteiger partial charge in [0.1, 0.15) is 6.04 Å². The number of carbonyl (C=O) groups is 2. The second-order valence-corrected chi connectivity index (χ2v) is 5.36. The summed E-state index contributed by atoms with van der Waals surface area (Å²) in [6.45, 7) is 7.42. The third-order valence-electron chi connectivity index (χ3n) is 3.35. The first-order valence-corrected chi connectivity index (χ1v) is 7.00. The van der Waals surface area contributed by atoms with Crippen molar-refractivity contribution in [3.63, 3.8) is 0 Å². The molecule has 1 aliphatic heterocycles. The smallest absolute Gasteiger partial charge is 0.326 e. The normalized spacial score (nSPS) is 17.4. The number of carboxylic acid groups (broad SMARTS) is 1. The number of likely N-dealkylation sites (tertiary alicyclic amines) is 1. The lowest BCUT2D eigenvalue weighted by Gasteiger charge is -2.19. The van der Waals surface area contributed by atoms with E-state index in [0.717, 1.165) is 26.1 Å². The van der Waals surface area contributed by atoms with Crippen molar-refractivity contribution in [1.82, 2.24) is 15.5 Å². The van der Waals surface area contributed by atoms with Crippen LogP contribution in [0.5, 0.6) is 0 Å². The Morgan fingerprint density at radius 3 is 2.42 bits per heavy atom. The number of hydrogen-bond acceptors (Lipinski definition) is 3. The summed E-state index contributed by atoms with van der Waals surface area (Å²) in [5, 5.41) is 14.1. The van der Waals surface area contributed by atoms with Crippen LogP contribution in [-0.4, -0.2) is 54.2 Å². The number of urea groups is 1. The van der Waals surface area contributed by atoms with Crippen molar-refractivity contribution in [2.24, 2.45) is 5.92 Å². The summed E-state index contributed by atoms with van der Waals surface area (Å²) in [7, 11) is 0. The van der Waals surface area contributed by atoms with Crippen LogP contribution in [0, 0.1) is 5.92 Å². The Hall–Kier alpha value is -1.30. The third kappa shape index (κ3) is 5.92. The van der Waals surface area contributed by atoms with Crippen LogP contribution < -0.4 is 10.6 Å². The summed E-state index contributed by atoms with van der Waals surface area (Å²) in [5.74, 6) is -1.13. The molecule has 0 spiro atoms. The molecule has 110 valence electrons. The fourth-order valence-electron chi connectivity index (χ4n) is 2.22. The fourth-order valence-corrected chi connectivity index (χ4v) is 2.22. The Balaban J connectivity index is 2.14. The number of nitrogens with one attached hydrogen (secondary N) is 2. The molecule has 0 radical (unpaired) electrons. The maximum atomic E-state index is 11.6. The quantitative estimate of drug-likeness (QED) is 0.600. The SMILES string of the molecule is CC(C)[C@H](NC(=O)NCCCN1CCCC1)C(=O)O. The van der Waals surface area contributed by atoms with Crippen LogP contribution in [0.15, 0.2) is 0 Å². The van der Waals surface area contributed by atoms with Crippen LogP contribution in [0.25, 0.3) is 0 Å². The minimum absolute atomic E-state index is 0.132. The molecular weight excluding hydrogens is 246 g/mol. The highest BCUT2D eigenvalue weighted by molar-refractivity contribution is 5.82.